The van der Waals surface area contributed by atoms with Gasteiger partial charge in [0.15, 0.2) is 5.96 Å². The van der Waals surface area contributed by atoms with Gasteiger partial charge in [-0.3, -0.25) is 14.8 Å². The van der Waals surface area contributed by atoms with Crippen LogP contribution in [0.3, 0.4) is 0 Å². The SMILES string of the molecule is CN=C(NCC1CN2CCN1CC2)N(C)Cc1ccc(OC(F)F)cc1.I. The molecular formula is C18H28F2IN5O. The number of hydrogen-bond donors (Lipinski definition) is 1. The fourth-order valence-electron chi connectivity index (χ4n) is 3.64. The molecule has 3 saturated heterocycles. The number of fused-ring (bicyclic) bond motifs is 3. The van der Waals surface area contributed by atoms with E-state index >= 15 is 0 Å². The summed E-state index contributed by atoms with van der Waals surface area (Å²) in [4.78, 5) is 11.4. The lowest BCUT2D eigenvalue weighted by Gasteiger charge is -2.47. The van der Waals surface area contributed by atoms with E-state index in [0.29, 0.717) is 12.6 Å². The van der Waals surface area contributed by atoms with Gasteiger partial charge in [-0.25, -0.2) is 0 Å². The topological polar surface area (TPSA) is 43.3 Å². The van der Waals surface area contributed by atoms with E-state index in [1.165, 1.54) is 13.1 Å². The van der Waals surface area contributed by atoms with Crippen molar-refractivity contribution in [3.05, 3.63) is 29.8 Å². The Hall–Kier alpha value is -1.20. The molecule has 3 fully saturated rings. The molecule has 0 spiro atoms. The summed E-state index contributed by atoms with van der Waals surface area (Å²) in [6.45, 7) is 4.46. The van der Waals surface area contributed by atoms with Crippen molar-refractivity contribution >= 4 is 29.9 Å². The van der Waals surface area contributed by atoms with Crippen LogP contribution in [0, 0.1) is 0 Å². The first-order chi connectivity index (χ1) is 12.5. The number of benzene rings is 1. The average molecular weight is 495 g/mol. The molecule has 27 heavy (non-hydrogen) atoms. The van der Waals surface area contributed by atoms with E-state index in [0.717, 1.165) is 37.7 Å². The molecule has 1 N–H and O–H groups in total. The molecule has 6 nitrogen and oxygen atoms in total. The molecule has 0 saturated carbocycles. The van der Waals surface area contributed by atoms with Gasteiger partial charge in [-0.15, -0.1) is 24.0 Å². The number of piperazine rings is 3. The molecule has 0 amide bonds. The monoisotopic (exact) mass is 495 g/mol. The molecule has 2 bridgehead atoms. The van der Waals surface area contributed by atoms with Gasteiger partial charge in [0, 0.05) is 66.0 Å². The molecule has 3 aliphatic rings. The van der Waals surface area contributed by atoms with Gasteiger partial charge >= 0.3 is 6.61 Å². The van der Waals surface area contributed by atoms with Crippen molar-refractivity contribution in [3.8, 4) is 5.75 Å². The van der Waals surface area contributed by atoms with Crippen molar-refractivity contribution in [2.45, 2.75) is 19.2 Å². The Balaban J connectivity index is 0.00000261. The van der Waals surface area contributed by atoms with Crippen molar-refractivity contribution in [2.75, 3.05) is 53.4 Å². The van der Waals surface area contributed by atoms with Gasteiger partial charge in [0.1, 0.15) is 5.75 Å². The highest BCUT2D eigenvalue weighted by Crippen LogP contribution is 2.16. The number of alkyl halides is 2. The van der Waals surface area contributed by atoms with Gasteiger partial charge in [0.05, 0.1) is 0 Å². The Morgan fingerprint density at radius 2 is 1.93 bits per heavy atom. The van der Waals surface area contributed by atoms with E-state index in [-0.39, 0.29) is 29.7 Å². The largest absolute Gasteiger partial charge is 0.435 e. The first-order valence-corrected chi connectivity index (χ1v) is 8.97. The quantitative estimate of drug-likeness (QED) is 0.371. The summed E-state index contributed by atoms with van der Waals surface area (Å²) < 4.78 is 28.8. The highest BCUT2D eigenvalue weighted by Gasteiger charge is 2.31. The number of rotatable bonds is 6. The molecule has 3 heterocycles. The second-order valence-electron chi connectivity index (χ2n) is 6.80. The van der Waals surface area contributed by atoms with Crippen LogP contribution in [0.5, 0.6) is 5.75 Å². The smallest absolute Gasteiger partial charge is 0.387 e. The van der Waals surface area contributed by atoms with Crippen LogP contribution in [0.25, 0.3) is 0 Å². The third-order valence-corrected chi connectivity index (χ3v) is 5.03. The van der Waals surface area contributed by atoms with Crippen molar-refractivity contribution in [3.63, 3.8) is 0 Å². The van der Waals surface area contributed by atoms with E-state index in [1.807, 2.05) is 11.9 Å². The van der Waals surface area contributed by atoms with Crippen LogP contribution < -0.4 is 10.1 Å². The fraction of sp³-hybridized carbons (Fsp3) is 0.611. The second kappa shape index (κ2) is 10.4. The number of aliphatic imine (C=N–C) groups is 1. The Bertz CT molecular complexity index is 608. The average Bonchev–Trinajstić information content (AvgIpc) is 2.64. The van der Waals surface area contributed by atoms with Gasteiger partial charge in [-0.1, -0.05) is 12.1 Å². The molecule has 1 aromatic carbocycles. The number of halogens is 3. The molecule has 152 valence electrons. The van der Waals surface area contributed by atoms with Crippen molar-refractivity contribution in [1.29, 1.82) is 0 Å². The van der Waals surface area contributed by atoms with Crippen molar-refractivity contribution < 1.29 is 13.5 Å². The Morgan fingerprint density at radius 3 is 2.44 bits per heavy atom. The minimum Gasteiger partial charge on any atom is -0.435 e. The molecule has 3 aliphatic heterocycles. The van der Waals surface area contributed by atoms with Gasteiger partial charge in [0.25, 0.3) is 0 Å². The molecule has 1 unspecified atom stereocenters. The minimum absolute atomic E-state index is 0. The number of nitrogens with zero attached hydrogens (tertiary/aromatic N) is 4. The Labute approximate surface area is 176 Å². The van der Waals surface area contributed by atoms with Gasteiger partial charge in [0.2, 0.25) is 0 Å². The van der Waals surface area contributed by atoms with Gasteiger partial charge in [-0.2, -0.15) is 8.78 Å². The first kappa shape index (κ1) is 22.1. The zero-order valence-electron chi connectivity index (χ0n) is 15.8. The zero-order valence-corrected chi connectivity index (χ0v) is 18.1. The molecule has 0 radical (unpaired) electrons. The molecule has 4 rings (SSSR count). The van der Waals surface area contributed by atoms with Crippen molar-refractivity contribution in [1.82, 2.24) is 20.0 Å². The van der Waals surface area contributed by atoms with Crippen LogP contribution in [0.1, 0.15) is 5.56 Å². The van der Waals surface area contributed by atoms with Crippen LogP contribution in [0.2, 0.25) is 0 Å². The standard InChI is InChI=1S/C18H27F2N5O.HI/c1-21-18(22-11-15-13-24-7-9-25(15)10-8-24)23(2)12-14-3-5-16(6-4-14)26-17(19)20;/h3-6,15,17H,7-13H2,1-2H3,(H,21,22);1H. The maximum atomic E-state index is 12.2. The lowest BCUT2D eigenvalue weighted by atomic mass is 10.1. The number of nitrogens with one attached hydrogen (secondary N) is 1. The summed E-state index contributed by atoms with van der Waals surface area (Å²) in [6, 6.07) is 7.23. The van der Waals surface area contributed by atoms with Gasteiger partial charge in [-0.05, 0) is 17.7 Å². The summed E-state index contributed by atoms with van der Waals surface area (Å²) >= 11 is 0. The third-order valence-electron chi connectivity index (χ3n) is 5.03. The lowest BCUT2D eigenvalue weighted by Crippen LogP contribution is -2.63. The number of guanidine groups is 1. The van der Waals surface area contributed by atoms with Gasteiger partial charge < -0.3 is 15.0 Å². The second-order valence-corrected chi connectivity index (χ2v) is 6.80. The Morgan fingerprint density at radius 1 is 1.26 bits per heavy atom. The summed E-state index contributed by atoms with van der Waals surface area (Å²) in [5.41, 5.74) is 1.00. The maximum Gasteiger partial charge on any atom is 0.387 e. The molecule has 0 aliphatic carbocycles. The molecular weight excluding hydrogens is 467 g/mol. The number of hydrogen-bond acceptors (Lipinski definition) is 4. The Kier molecular flexibility index (Phi) is 8.49. The van der Waals surface area contributed by atoms with E-state index in [4.69, 9.17) is 0 Å². The van der Waals surface area contributed by atoms with Crippen LogP contribution >= 0.6 is 24.0 Å². The third kappa shape index (κ3) is 6.15. The van der Waals surface area contributed by atoms with E-state index in [1.54, 1.807) is 31.3 Å². The molecule has 1 atom stereocenters. The van der Waals surface area contributed by atoms with Crippen LogP contribution in [0.15, 0.2) is 29.3 Å². The highest BCUT2D eigenvalue weighted by atomic mass is 127. The molecule has 0 aromatic heterocycles. The summed E-state index contributed by atoms with van der Waals surface area (Å²) in [7, 11) is 3.74. The van der Waals surface area contributed by atoms with Crippen molar-refractivity contribution in [2.24, 2.45) is 4.99 Å². The summed E-state index contributed by atoms with van der Waals surface area (Å²) in [5, 5.41) is 3.47. The predicted molar refractivity (Wildman–Crippen MR) is 113 cm³/mol. The van der Waals surface area contributed by atoms with E-state index in [9.17, 15) is 8.78 Å². The van der Waals surface area contributed by atoms with Crippen LogP contribution in [-0.2, 0) is 6.54 Å². The van der Waals surface area contributed by atoms with Crippen LogP contribution in [0.4, 0.5) is 8.78 Å². The normalized spacial score (nSPS) is 24.5. The first-order valence-electron chi connectivity index (χ1n) is 8.97. The highest BCUT2D eigenvalue weighted by molar-refractivity contribution is 14.0. The molecule has 9 heteroatoms. The summed E-state index contributed by atoms with van der Waals surface area (Å²) in [6.07, 6.45) is 0. The fourth-order valence-corrected chi connectivity index (χ4v) is 3.64. The number of ether oxygens (including phenoxy) is 1. The minimum atomic E-state index is -2.80. The predicted octanol–water partition coefficient (Wildman–Crippen LogP) is 1.91. The summed E-state index contributed by atoms with van der Waals surface area (Å²) in [5.74, 6) is 1.00. The van der Waals surface area contributed by atoms with E-state index < -0.39 is 6.61 Å². The zero-order chi connectivity index (χ0) is 18.5. The van der Waals surface area contributed by atoms with Crippen LogP contribution in [-0.4, -0.2) is 86.7 Å². The maximum absolute atomic E-state index is 12.2. The molecule has 1 aromatic rings. The van der Waals surface area contributed by atoms with E-state index in [2.05, 4.69) is 24.8 Å². The lowest BCUT2D eigenvalue weighted by molar-refractivity contribution is -0.0498.